The highest BCUT2D eigenvalue weighted by atomic mass is 16.6. The third-order valence-electron chi connectivity index (χ3n) is 3.50. The fourth-order valence-corrected chi connectivity index (χ4v) is 2.56. The molecular formula is C14H21NO6. The topological polar surface area (TPSA) is 82.1 Å². The largest absolute Gasteiger partial charge is 0.469 e. The summed E-state index contributed by atoms with van der Waals surface area (Å²) in [7, 11) is 1.28. The smallest absolute Gasteiger partial charge is 0.329 e. The average molecular weight is 299 g/mol. The van der Waals surface area contributed by atoms with E-state index in [-0.39, 0.29) is 31.6 Å². The molecule has 0 bridgehead atoms. The predicted octanol–water partition coefficient (Wildman–Crippen LogP) is 0.465. The van der Waals surface area contributed by atoms with Crippen molar-refractivity contribution >= 4 is 17.8 Å². The Morgan fingerprint density at radius 2 is 2.05 bits per heavy atom. The minimum Gasteiger partial charge on any atom is -0.469 e. The lowest BCUT2D eigenvalue weighted by Gasteiger charge is -2.50. The molecule has 2 aliphatic rings. The van der Waals surface area contributed by atoms with Crippen molar-refractivity contribution in [1.29, 1.82) is 0 Å². The van der Waals surface area contributed by atoms with Crippen LogP contribution in [0.4, 0.5) is 0 Å². The first kappa shape index (κ1) is 15.8. The molecule has 0 saturated carbocycles. The molecule has 3 atom stereocenters. The van der Waals surface area contributed by atoms with E-state index in [4.69, 9.17) is 9.47 Å². The molecule has 0 aliphatic carbocycles. The maximum atomic E-state index is 12.4. The minimum atomic E-state index is -0.789. The van der Waals surface area contributed by atoms with Crippen LogP contribution in [0.15, 0.2) is 0 Å². The van der Waals surface area contributed by atoms with Crippen molar-refractivity contribution in [3.8, 4) is 0 Å². The lowest BCUT2D eigenvalue weighted by Crippen LogP contribution is -2.67. The number of β-lactam (4-membered cyclic amide) rings is 1. The van der Waals surface area contributed by atoms with E-state index in [9.17, 15) is 14.4 Å². The Labute approximate surface area is 123 Å². The minimum absolute atomic E-state index is 0.0108. The number of hydrogen-bond donors (Lipinski definition) is 0. The molecule has 2 saturated heterocycles. The fraction of sp³-hybridized carbons (Fsp3) is 0.786. The van der Waals surface area contributed by atoms with Crippen LogP contribution in [-0.4, -0.2) is 54.3 Å². The summed E-state index contributed by atoms with van der Waals surface area (Å²) in [6, 6.07) is -0.789. The number of esters is 2. The van der Waals surface area contributed by atoms with E-state index in [1.807, 2.05) is 0 Å². The molecule has 7 heteroatoms. The molecule has 2 heterocycles. The first-order valence-electron chi connectivity index (χ1n) is 6.95. The predicted molar refractivity (Wildman–Crippen MR) is 71.0 cm³/mol. The maximum absolute atomic E-state index is 12.4. The molecule has 118 valence electrons. The number of hydrogen-bond acceptors (Lipinski definition) is 6. The molecule has 0 spiro atoms. The zero-order valence-corrected chi connectivity index (χ0v) is 12.8. The van der Waals surface area contributed by atoms with Gasteiger partial charge in [-0.2, -0.15) is 0 Å². The van der Waals surface area contributed by atoms with Crippen LogP contribution in [0.2, 0.25) is 0 Å². The standard InChI is InChI=1S/C14H21NO6/c1-14(2,3)21-13(18)12-8(5-11(17)19-4)7-20-10-6-9(16)15(10)12/h8,10,12H,5-7H2,1-4H3/t8-,10-,12-/m1/s1. The molecule has 2 aliphatic heterocycles. The summed E-state index contributed by atoms with van der Waals surface area (Å²) < 4.78 is 15.5. The number of ether oxygens (including phenoxy) is 3. The van der Waals surface area contributed by atoms with E-state index in [2.05, 4.69) is 4.74 Å². The van der Waals surface area contributed by atoms with Crippen LogP contribution in [-0.2, 0) is 28.6 Å². The Kier molecular flexibility index (Phi) is 4.22. The molecule has 0 radical (unpaired) electrons. The quantitative estimate of drug-likeness (QED) is 0.556. The van der Waals surface area contributed by atoms with Crippen LogP contribution < -0.4 is 0 Å². The first-order chi connectivity index (χ1) is 9.73. The Bertz CT molecular complexity index is 455. The summed E-state index contributed by atoms with van der Waals surface area (Å²) in [5.74, 6) is -1.56. The van der Waals surface area contributed by atoms with Gasteiger partial charge in [0.2, 0.25) is 5.91 Å². The highest BCUT2D eigenvalue weighted by molar-refractivity contribution is 5.90. The van der Waals surface area contributed by atoms with Gasteiger partial charge in [0.1, 0.15) is 17.9 Å². The fourth-order valence-electron chi connectivity index (χ4n) is 2.56. The second-order valence-electron chi connectivity index (χ2n) is 6.31. The summed E-state index contributed by atoms with van der Waals surface area (Å²) in [6.45, 7) is 5.51. The number of amides is 1. The average Bonchev–Trinajstić information content (AvgIpc) is 2.36. The summed E-state index contributed by atoms with van der Waals surface area (Å²) in [6.07, 6.45) is -0.106. The van der Waals surface area contributed by atoms with Crippen LogP contribution in [0.5, 0.6) is 0 Å². The zero-order chi connectivity index (χ0) is 15.8. The van der Waals surface area contributed by atoms with Gasteiger partial charge in [-0.1, -0.05) is 0 Å². The van der Waals surface area contributed by atoms with Gasteiger partial charge < -0.3 is 19.1 Å². The van der Waals surface area contributed by atoms with Gasteiger partial charge in [0.25, 0.3) is 0 Å². The van der Waals surface area contributed by atoms with Gasteiger partial charge in [-0.15, -0.1) is 0 Å². The Hall–Kier alpha value is -1.63. The first-order valence-corrected chi connectivity index (χ1v) is 6.95. The Morgan fingerprint density at radius 3 is 2.57 bits per heavy atom. The molecule has 21 heavy (non-hydrogen) atoms. The van der Waals surface area contributed by atoms with Gasteiger partial charge in [0.05, 0.1) is 26.6 Å². The number of nitrogens with zero attached hydrogens (tertiary/aromatic N) is 1. The molecule has 1 amide bonds. The highest BCUT2D eigenvalue weighted by Crippen LogP contribution is 2.35. The van der Waals surface area contributed by atoms with Gasteiger partial charge in [-0.25, -0.2) is 4.79 Å². The molecule has 7 nitrogen and oxygen atoms in total. The molecule has 0 unspecified atom stereocenters. The monoisotopic (exact) mass is 299 g/mol. The molecule has 0 aromatic heterocycles. The summed E-state index contributed by atoms with van der Waals surface area (Å²) in [5, 5.41) is 0. The number of carbonyl (C=O) groups excluding carboxylic acids is 3. The van der Waals surface area contributed by atoms with Crippen molar-refractivity contribution in [2.24, 2.45) is 5.92 Å². The molecule has 2 rings (SSSR count). The van der Waals surface area contributed by atoms with E-state index in [1.54, 1.807) is 20.8 Å². The zero-order valence-electron chi connectivity index (χ0n) is 12.8. The molecule has 2 fully saturated rings. The van der Waals surface area contributed by atoms with E-state index < -0.39 is 29.5 Å². The van der Waals surface area contributed by atoms with E-state index in [1.165, 1.54) is 12.0 Å². The second-order valence-corrected chi connectivity index (χ2v) is 6.31. The van der Waals surface area contributed by atoms with E-state index >= 15 is 0 Å². The van der Waals surface area contributed by atoms with Crippen LogP contribution in [0.3, 0.4) is 0 Å². The van der Waals surface area contributed by atoms with E-state index in [0.29, 0.717) is 0 Å². The van der Waals surface area contributed by atoms with Gasteiger partial charge in [-0.3, -0.25) is 9.59 Å². The van der Waals surface area contributed by atoms with Crippen molar-refractivity contribution in [1.82, 2.24) is 4.90 Å². The van der Waals surface area contributed by atoms with E-state index in [0.717, 1.165) is 0 Å². The van der Waals surface area contributed by atoms with Crippen LogP contribution in [0, 0.1) is 5.92 Å². The van der Waals surface area contributed by atoms with Crippen LogP contribution >= 0.6 is 0 Å². The van der Waals surface area contributed by atoms with Crippen LogP contribution in [0.25, 0.3) is 0 Å². The van der Waals surface area contributed by atoms with Gasteiger partial charge in [-0.05, 0) is 20.8 Å². The lowest BCUT2D eigenvalue weighted by molar-refractivity contribution is -0.220. The Morgan fingerprint density at radius 1 is 1.38 bits per heavy atom. The lowest BCUT2D eigenvalue weighted by atomic mass is 9.89. The van der Waals surface area contributed by atoms with Crippen molar-refractivity contribution in [2.45, 2.75) is 51.5 Å². The summed E-state index contributed by atoms with van der Waals surface area (Å²) in [4.78, 5) is 37.0. The van der Waals surface area contributed by atoms with Crippen molar-refractivity contribution in [3.05, 3.63) is 0 Å². The van der Waals surface area contributed by atoms with Crippen molar-refractivity contribution in [3.63, 3.8) is 0 Å². The highest BCUT2D eigenvalue weighted by Gasteiger charge is 2.52. The number of methoxy groups -OCH3 is 1. The Balaban J connectivity index is 2.17. The van der Waals surface area contributed by atoms with Crippen LogP contribution in [0.1, 0.15) is 33.6 Å². The number of rotatable bonds is 3. The third kappa shape index (κ3) is 3.34. The third-order valence-corrected chi connectivity index (χ3v) is 3.50. The number of fused-ring (bicyclic) bond motifs is 1. The van der Waals surface area contributed by atoms with Crippen molar-refractivity contribution in [2.75, 3.05) is 13.7 Å². The normalized spacial score (nSPS) is 28.5. The summed E-state index contributed by atoms with van der Waals surface area (Å²) >= 11 is 0. The summed E-state index contributed by atoms with van der Waals surface area (Å²) in [5.41, 5.74) is -0.658. The molecular weight excluding hydrogens is 278 g/mol. The second kappa shape index (κ2) is 5.63. The molecule has 0 aromatic carbocycles. The molecule has 0 N–H and O–H groups in total. The number of carbonyl (C=O) groups is 3. The molecule has 0 aromatic rings. The van der Waals surface area contributed by atoms with Gasteiger partial charge >= 0.3 is 11.9 Å². The van der Waals surface area contributed by atoms with Gasteiger partial charge in [0.15, 0.2) is 0 Å². The van der Waals surface area contributed by atoms with Gasteiger partial charge in [0, 0.05) is 5.92 Å². The maximum Gasteiger partial charge on any atom is 0.329 e. The van der Waals surface area contributed by atoms with Crippen molar-refractivity contribution < 1.29 is 28.6 Å². The SMILES string of the molecule is COC(=O)C[C@@H]1CO[C@@H]2CC(=O)N2[C@H]1C(=O)OC(C)(C)C.